The van der Waals surface area contributed by atoms with Crippen molar-refractivity contribution in [3.63, 3.8) is 0 Å². The molecule has 4 rings (SSSR count). The summed E-state index contributed by atoms with van der Waals surface area (Å²) in [5, 5.41) is 12.2. The molecule has 0 radical (unpaired) electrons. The Labute approximate surface area is 204 Å². The molecule has 1 aliphatic heterocycles. The summed E-state index contributed by atoms with van der Waals surface area (Å²) in [6, 6.07) is 10.6. The Bertz CT molecular complexity index is 1280. The van der Waals surface area contributed by atoms with Crippen LogP contribution in [0.25, 0.3) is 5.70 Å². The molecule has 0 spiro atoms. The molecule has 176 valence electrons. The van der Waals surface area contributed by atoms with Crippen LogP contribution >= 0.6 is 15.9 Å². The second-order valence-corrected chi connectivity index (χ2v) is 8.55. The molecule has 8 nitrogen and oxygen atoms in total. The maximum Gasteiger partial charge on any atom is 0.341 e. The average Bonchev–Trinajstić information content (AvgIpc) is 3.08. The molecule has 2 aromatic carbocycles. The van der Waals surface area contributed by atoms with Gasteiger partial charge in [0.15, 0.2) is 23.9 Å². The van der Waals surface area contributed by atoms with Crippen LogP contribution in [0.2, 0.25) is 0 Å². The number of hydrogen-bond acceptors (Lipinski definition) is 7. The predicted molar refractivity (Wildman–Crippen MR) is 127 cm³/mol. The van der Waals surface area contributed by atoms with Crippen molar-refractivity contribution >= 4 is 39.3 Å². The first-order valence-corrected chi connectivity index (χ1v) is 11.3. The molecular formula is C25H22BrNO7. The van der Waals surface area contributed by atoms with Crippen LogP contribution < -0.4 is 14.8 Å². The number of rotatable bonds is 7. The van der Waals surface area contributed by atoms with Gasteiger partial charge in [0.25, 0.3) is 0 Å². The van der Waals surface area contributed by atoms with E-state index in [9.17, 15) is 14.4 Å². The minimum absolute atomic E-state index is 0.178. The third kappa shape index (κ3) is 3.96. The van der Waals surface area contributed by atoms with E-state index in [4.69, 9.17) is 19.3 Å². The molecular weight excluding hydrogens is 506 g/mol. The van der Waals surface area contributed by atoms with Crippen LogP contribution in [-0.4, -0.2) is 43.2 Å². The van der Waals surface area contributed by atoms with E-state index in [1.807, 2.05) is 12.1 Å². The monoisotopic (exact) mass is 527 g/mol. The number of ether oxygens (including phenoxy) is 3. The number of methoxy groups -OCH3 is 1. The third-order valence-electron chi connectivity index (χ3n) is 5.67. The first kappa shape index (κ1) is 23.6. The number of fused-ring (bicyclic) bond motifs is 2. The number of benzene rings is 2. The van der Waals surface area contributed by atoms with Gasteiger partial charge in [-0.05, 0) is 47.5 Å². The minimum atomic E-state index is -1.14. The van der Waals surface area contributed by atoms with Gasteiger partial charge in [-0.1, -0.05) is 24.3 Å². The molecule has 2 aromatic rings. The van der Waals surface area contributed by atoms with Crippen molar-refractivity contribution in [1.82, 2.24) is 5.32 Å². The van der Waals surface area contributed by atoms with E-state index in [0.717, 1.165) is 5.56 Å². The highest BCUT2D eigenvalue weighted by Crippen LogP contribution is 2.49. The number of Topliss-reactive ketones (excluding diaryl/α,β-unsaturated/α-hetero) is 1. The van der Waals surface area contributed by atoms with Gasteiger partial charge in [-0.3, -0.25) is 4.79 Å². The van der Waals surface area contributed by atoms with E-state index in [1.54, 1.807) is 38.1 Å². The lowest BCUT2D eigenvalue weighted by Crippen LogP contribution is -2.29. The zero-order valence-electron chi connectivity index (χ0n) is 18.7. The van der Waals surface area contributed by atoms with Gasteiger partial charge in [0, 0.05) is 28.3 Å². The molecule has 9 heteroatoms. The zero-order valence-corrected chi connectivity index (χ0v) is 20.3. The number of carboxylic acid groups (broad SMARTS) is 1. The molecule has 1 atom stereocenters. The largest absolute Gasteiger partial charge is 0.493 e. The first-order valence-electron chi connectivity index (χ1n) is 10.5. The molecule has 0 bridgehead atoms. The van der Waals surface area contributed by atoms with Crippen LogP contribution in [-0.2, 0) is 14.3 Å². The Hall–Kier alpha value is -3.59. The number of nitrogens with one attached hydrogen (secondary N) is 1. The Morgan fingerprint density at radius 1 is 1.18 bits per heavy atom. The first-order chi connectivity index (χ1) is 16.3. The second-order valence-electron chi connectivity index (χ2n) is 7.70. The molecule has 34 heavy (non-hydrogen) atoms. The van der Waals surface area contributed by atoms with Crippen LogP contribution in [0, 0.1) is 0 Å². The van der Waals surface area contributed by atoms with E-state index >= 15 is 0 Å². The van der Waals surface area contributed by atoms with E-state index in [0.29, 0.717) is 38.1 Å². The molecule has 0 fully saturated rings. The van der Waals surface area contributed by atoms with Gasteiger partial charge < -0.3 is 24.6 Å². The number of carbonyl (C=O) groups is 3. The Balaban J connectivity index is 1.91. The fourth-order valence-corrected chi connectivity index (χ4v) is 4.90. The molecule has 0 saturated carbocycles. The number of allylic oxidation sites excluding steroid dienone is 2. The van der Waals surface area contributed by atoms with E-state index in [-0.39, 0.29) is 23.9 Å². The van der Waals surface area contributed by atoms with Crippen molar-refractivity contribution in [2.24, 2.45) is 0 Å². The molecule has 0 aromatic heterocycles. The number of esters is 1. The number of carbonyl (C=O) groups excluding carboxylic acids is 2. The van der Waals surface area contributed by atoms with Crippen LogP contribution in [0.1, 0.15) is 41.3 Å². The summed E-state index contributed by atoms with van der Waals surface area (Å²) >= 11 is 3.43. The van der Waals surface area contributed by atoms with E-state index < -0.39 is 24.5 Å². The number of hydrogen-bond donors (Lipinski definition) is 2. The summed E-state index contributed by atoms with van der Waals surface area (Å²) in [5.74, 6) is -2.13. The van der Waals surface area contributed by atoms with Gasteiger partial charge >= 0.3 is 11.9 Å². The summed E-state index contributed by atoms with van der Waals surface area (Å²) in [6.07, 6.45) is 0. The Morgan fingerprint density at radius 3 is 2.53 bits per heavy atom. The quantitative estimate of drug-likeness (QED) is 0.518. The Kier molecular flexibility index (Phi) is 6.47. The number of ketones is 1. The van der Waals surface area contributed by atoms with Crippen molar-refractivity contribution in [3.8, 4) is 11.5 Å². The third-order valence-corrected chi connectivity index (χ3v) is 6.26. The summed E-state index contributed by atoms with van der Waals surface area (Å²) in [4.78, 5) is 37.6. The van der Waals surface area contributed by atoms with Crippen LogP contribution in [0.5, 0.6) is 11.5 Å². The SMILES string of the molecule is CCOC(=O)C1=C(C)NC2=C(C(=O)c3ccccc32)[C@@H]1c1cc(Br)c(OCC(=O)O)c(OC)c1. The predicted octanol–water partition coefficient (Wildman–Crippen LogP) is 4.05. The van der Waals surface area contributed by atoms with Crippen LogP contribution in [0.15, 0.2) is 57.7 Å². The lowest BCUT2D eigenvalue weighted by molar-refractivity contribution is -0.140. The molecule has 0 amide bonds. The van der Waals surface area contributed by atoms with Gasteiger partial charge in [0.1, 0.15) is 0 Å². The van der Waals surface area contributed by atoms with Gasteiger partial charge in [0.2, 0.25) is 0 Å². The molecule has 1 aliphatic carbocycles. The van der Waals surface area contributed by atoms with Gasteiger partial charge in [-0.15, -0.1) is 0 Å². The number of carboxylic acids is 1. The Morgan fingerprint density at radius 2 is 1.88 bits per heavy atom. The van der Waals surface area contributed by atoms with E-state index in [1.165, 1.54) is 7.11 Å². The van der Waals surface area contributed by atoms with Gasteiger partial charge in [0.05, 0.1) is 29.5 Å². The summed E-state index contributed by atoms with van der Waals surface area (Å²) in [6.45, 7) is 3.11. The van der Waals surface area contributed by atoms with Crippen molar-refractivity contribution in [3.05, 3.63) is 74.4 Å². The van der Waals surface area contributed by atoms with Crippen molar-refractivity contribution < 1.29 is 33.7 Å². The molecule has 2 aliphatic rings. The number of dihydropyridines is 1. The molecule has 2 N–H and O–H groups in total. The molecule has 1 heterocycles. The van der Waals surface area contributed by atoms with Crippen molar-refractivity contribution in [1.29, 1.82) is 0 Å². The highest BCUT2D eigenvalue weighted by molar-refractivity contribution is 9.10. The standard InChI is InChI=1S/C25H22BrNO7/c1-4-33-25(31)19-12(2)27-22-14-7-5-6-8-15(14)23(30)21(22)20(19)13-9-16(26)24(17(10-13)32-3)34-11-18(28)29/h5-10,20,27H,4,11H2,1-3H3,(H,28,29)/t20-/m1/s1. The lowest BCUT2D eigenvalue weighted by atomic mass is 9.79. The maximum atomic E-state index is 13.5. The summed E-state index contributed by atoms with van der Waals surface area (Å²) in [5.41, 5.74) is 3.88. The van der Waals surface area contributed by atoms with Gasteiger partial charge in [-0.25, -0.2) is 9.59 Å². The molecule has 0 saturated heterocycles. The van der Waals surface area contributed by atoms with Gasteiger partial charge in [-0.2, -0.15) is 0 Å². The summed E-state index contributed by atoms with van der Waals surface area (Å²) in [7, 11) is 1.43. The lowest BCUT2D eigenvalue weighted by Gasteiger charge is -2.29. The summed E-state index contributed by atoms with van der Waals surface area (Å²) < 4.78 is 16.6. The van der Waals surface area contributed by atoms with E-state index in [2.05, 4.69) is 21.2 Å². The van der Waals surface area contributed by atoms with Crippen LogP contribution in [0.3, 0.4) is 0 Å². The fourth-order valence-electron chi connectivity index (χ4n) is 4.32. The zero-order chi connectivity index (χ0) is 24.6. The average molecular weight is 528 g/mol. The topological polar surface area (TPSA) is 111 Å². The highest BCUT2D eigenvalue weighted by atomic mass is 79.9. The molecule has 0 unspecified atom stereocenters. The minimum Gasteiger partial charge on any atom is -0.493 e. The number of halogens is 1. The fraction of sp³-hybridized carbons (Fsp3) is 0.240. The maximum absolute atomic E-state index is 13.5. The second kappa shape index (κ2) is 9.34. The van der Waals surface area contributed by atoms with Crippen molar-refractivity contribution in [2.45, 2.75) is 19.8 Å². The highest BCUT2D eigenvalue weighted by Gasteiger charge is 2.43. The van der Waals surface area contributed by atoms with Crippen molar-refractivity contribution in [2.75, 3.05) is 20.3 Å². The van der Waals surface area contributed by atoms with Crippen LogP contribution in [0.4, 0.5) is 0 Å². The number of aliphatic carboxylic acids is 1. The normalized spacial score (nSPS) is 16.6. The smallest absolute Gasteiger partial charge is 0.341 e.